The van der Waals surface area contributed by atoms with Crippen molar-refractivity contribution in [3.05, 3.63) is 95.6 Å². The molecule has 3 aromatic rings. The number of carboxylic acid groups (broad SMARTS) is 1. The molecule has 8 heteroatoms. The number of carboxylic acids is 1. The highest BCUT2D eigenvalue weighted by Crippen LogP contribution is 2.44. The number of aliphatic carboxylic acids is 1. The van der Waals surface area contributed by atoms with Gasteiger partial charge in [-0.3, -0.25) is 14.5 Å². The molecule has 0 radical (unpaired) electrons. The van der Waals surface area contributed by atoms with Gasteiger partial charge in [0.25, 0.3) is 0 Å². The van der Waals surface area contributed by atoms with Gasteiger partial charge in [-0.05, 0) is 41.3 Å². The van der Waals surface area contributed by atoms with Gasteiger partial charge in [-0.25, -0.2) is 4.79 Å². The van der Waals surface area contributed by atoms with Crippen molar-refractivity contribution in [1.29, 1.82) is 0 Å². The fourth-order valence-electron chi connectivity index (χ4n) is 5.00. The number of rotatable bonds is 12. The molecule has 0 fully saturated rings. The Balaban J connectivity index is 1.42. The van der Waals surface area contributed by atoms with Crippen LogP contribution in [0.15, 0.2) is 78.9 Å². The lowest BCUT2D eigenvalue weighted by atomic mass is 9.98. The van der Waals surface area contributed by atoms with E-state index >= 15 is 0 Å². The second-order valence-electron chi connectivity index (χ2n) is 9.89. The Morgan fingerprint density at radius 1 is 0.923 bits per heavy atom. The number of carbonyl (C=O) groups excluding carboxylic acids is 2. The molecule has 2 amide bonds. The molecule has 204 valence electrons. The van der Waals surface area contributed by atoms with Gasteiger partial charge in [0, 0.05) is 25.6 Å². The van der Waals surface area contributed by atoms with Crippen LogP contribution in [0, 0.1) is 5.92 Å². The maximum atomic E-state index is 13.1. The number of amides is 2. The Hall–Kier alpha value is -4.17. The van der Waals surface area contributed by atoms with Crippen molar-refractivity contribution in [2.45, 2.75) is 31.8 Å². The molecule has 0 heterocycles. The van der Waals surface area contributed by atoms with Crippen LogP contribution >= 0.6 is 0 Å². The average Bonchev–Trinajstić information content (AvgIpc) is 3.25. The van der Waals surface area contributed by atoms with Gasteiger partial charge in [0.1, 0.15) is 12.6 Å². The molecule has 0 saturated heterocycles. The zero-order valence-corrected chi connectivity index (χ0v) is 22.3. The molecule has 8 nitrogen and oxygen atoms in total. The minimum absolute atomic E-state index is 0.0179. The Morgan fingerprint density at radius 3 is 2.10 bits per heavy atom. The van der Waals surface area contributed by atoms with E-state index in [0.29, 0.717) is 13.0 Å². The van der Waals surface area contributed by atoms with Crippen LogP contribution in [0.25, 0.3) is 11.1 Å². The van der Waals surface area contributed by atoms with Crippen molar-refractivity contribution in [3.63, 3.8) is 0 Å². The van der Waals surface area contributed by atoms with Gasteiger partial charge < -0.3 is 20.5 Å². The van der Waals surface area contributed by atoms with Crippen LogP contribution in [0.2, 0.25) is 0 Å². The molecule has 2 unspecified atom stereocenters. The standard InChI is InChI=1S/C31H35N3O5/c1-3-22(30(36)37)17-32-29(35)28(19-34(2)18-21-11-5-4-6-12-21)33-31(38)39-20-27-25-15-9-7-13-23(25)24-14-8-10-16-26(24)27/h4-16,22,27-28H,3,17-20H2,1-2H3,(H,32,35)(H,33,38)(H,36,37). The number of nitrogens with zero attached hydrogens (tertiary/aromatic N) is 1. The molecule has 3 aromatic carbocycles. The van der Waals surface area contributed by atoms with Crippen molar-refractivity contribution in [3.8, 4) is 11.1 Å². The van der Waals surface area contributed by atoms with E-state index in [4.69, 9.17) is 4.74 Å². The van der Waals surface area contributed by atoms with Gasteiger partial charge >= 0.3 is 12.1 Å². The van der Waals surface area contributed by atoms with E-state index in [1.54, 1.807) is 6.92 Å². The van der Waals surface area contributed by atoms with E-state index in [-0.39, 0.29) is 25.6 Å². The molecule has 4 rings (SSSR count). The number of benzene rings is 3. The van der Waals surface area contributed by atoms with Crippen molar-refractivity contribution in [2.75, 3.05) is 26.7 Å². The summed E-state index contributed by atoms with van der Waals surface area (Å²) in [6, 6.07) is 25.0. The fourth-order valence-corrected chi connectivity index (χ4v) is 5.00. The van der Waals surface area contributed by atoms with Crippen LogP contribution in [-0.2, 0) is 20.9 Å². The first kappa shape index (κ1) is 27.9. The molecular formula is C31H35N3O5. The van der Waals surface area contributed by atoms with Gasteiger partial charge in [0.15, 0.2) is 0 Å². The van der Waals surface area contributed by atoms with Crippen molar-refractivity contribution in [1.82, 2.24) is 15.5 Å². The van der Waals surface area contributed by atoms with E-state index in [0.717, 1.165) is 27.8 Å². The van der Waals surface area contributed by atoms with E-state index in [2.05, 4.69) is 22.8 Å². The first-order valence-corrected chi connectivity index (χ1v) is 13.2. The highest BCUT2D eigenvalue weighted by atomic mass is 16.5. The molecule has 0 bridgehead atoms. The van der Waals surface area contributed by atoms with E-state index < -0.39 is 29.9 Å². The predicted molar refractivity (Wildman–Crippen MR) is 149 cm³/mol. The summed E-state index contributed by atoms with van der Waals surface area (Å²) in [4.78, 5) is 39.4. The smallest absolute Gasteiger partial charge is 0.407 e. The molecule has 39 heavy (non-hydrogen) atoms. The van der Waals surface area contributed by atoms with Crippen molar-refractivity contribution in [2.24, 2.45) is 5.92 Å². The van der Waals surface area contributed by atoms with E-state index in [1.807, 2.05) is 78.7 Å². The summed E-state index contributed by atoms with van der Waals surface area (Å²) in [5.74, 6) is -2.23. The first-order valence-electron chi connectivity index (χ1n) is 13.2. The first-order chi connectivity index (χ1) is 18.9. The third-order valence-corrected chi connectivity index (χ3v) is 7.11. The summed E-state index contributed by atoms with van der Waals surface area (Å²) in [5.41, 5.74) is 5.53. The number of carbonyl (C=O) groups is 3. The number of hydrogen-bond acceptors (Lipinski definition) is 5. The number of ether oxygens (including phenoxy) is 1. The number of fused-ring (bicyclic) bond motifs is 3. The predicted octanol–water partition coefficient (Wildman–Crippen LogP) is 4.25. The van der Waals surface area contributed by atoms with Gasteiger partial charge in [-0.1, -0.05) is 85.8 Å². The lowest BCUT2D eigenvalue weighted by molar-refractivity contribution is -0.141. The quantitative estimate of drug-likeness (QED) is 0.324. The monoisotopic (exact) mass is 529 g/mol. The van der Waals surface area contributed by atoms with Crippen LogP contribution in [-0.4, -0.2) is 60.8 Å². The zero-order chi connectivity index (χ0) is 27.8. The molecule has 3 N–H and O–H groups in total. The molecule has 0 aliphatic heterocycles. The summed E-state index contributed by atoms with van der Waals surface area (Å²) < 4.78 is 5.66. The van der Waals surface area contributed by atoms with Crippen LogP contribution in [0.3, 0.4) is 0 Å². The summed E-state index contributed by atoms with van der Waals surface area (Å²) in [5, 5.41) is 14.8. The molecule has 1 aliphatic rings. The Labute approximate surface area is 229 Å². The van der Waals surface area contributed by atoms with Gasteiger partial charge in [0.05, 0.1) is 5.92 Å². The van der Waals surface area contributed by atoms with Crippen LogP contribution in [0.5, 0.6) is 0 Å². The van der Waals surface area contributed by atoms with E-state index in [1.165, 1.54) is 0 Å². The number of likely N-dealkylation sites (N-methyl/N-ethyl adjacent to an activating group) is 1. The molecule has 2 atom stereocenters. The zero-order valence-electron chi connectivity index (χ0n) is 22.3. The Kier molecular flexibility index (Phi) is 9.33. The van der Waals surface area contributed by atoms with Gasteiger partial charge in [-0.15, -0.1) is 0 Å². The lowest BCUT2D eigenvalue weighted by Gasteiger charge is -2.25. The molecule has 1 aliphatic carbocycles. The van der Waals surface area contributed by atoms with Crippen LogP contribution < -0.4 is 10.6 Å². The summed E-state index contributed by atoms with van der Waals surface area (Å²) in [6.45, 7) is 2.66. The second kappa shape index (κ2) is 13.1. The third-order valence-electron chi connectivity index (χ3n) is 7.11. The summed E-state index contributed by atoms with van der Waals surface area (Å²) in [6.07, 6.45) is -0.316. The highest BCUT2D eigenvalue weighted by Gasteiger charge is 2.30. The van der Waals surface area contributed by atoms with Gasteiger partial charge in [0.2, 0.25) is 5.91 Å². The Bertz CT molecular complexity index is 1250. The minimum Gasteiger partial charge on any atom is -0.481 e. The number of alkyl carbamates (subject to hydrolysis) is 1. The highest BCUT2D eigenvalue weighted by molar-refractivity contribution is 5.86. The van der Waals surface area contributed by atoms with Crippen molar-refractivity contribution < 1.29 is 24.2 Å². The Morgan fingerprint density at radius 2 is 1.51 bits per heavy atom. The van der Waals surface area contributed by atoms with Crippen molar-refractivity contribution >= 4 is 18.0 Å². The average molecular weight is 530 g/mol. The largest absolute Gasteiger partial charge is 0.481 e. The van der Waals surface area contributed by atoms with E-state index in [9.17, 15) is 19.5 Å². The maximum Gasteiger partial charge on any atom is 0.407 e. The molecule has 0 spiro atoms. The second-order valence-corrected chi connectivity index (χ2v) is 9.89. The maximum absolute atomic E-state index is 13.1. The SMILES string of the molecule is CCC(CNC(=O)C(CN(C)Cc1ccccc1)NC(=O)OCC1c2ccccc2-c2ccccc21)C(=O)O. The molecular weight excluding hydrogens is 494 g/mol. The molecule has 0 aromatic heterocycles. The number of hydrogen-bond donors (Lipinski definition) is 3. The van der Waals surface area contributed by atoms with Crippen LogP contribution in [0.1, 0.15) is 36.0 Å². The number of nitrogens with one attached hydrogen (secondary N) is 2. The normalized spacial score (nSPS) is 13.7. The van der Waals surface area contributed by atoms with Gasteiger partial charge in [-0.2, -0.15) is 0 Å². The lowest BCUT2D eigenvalue weighted by Crippen LogP contribution is -2.53. The van der Waals surface area contributed by atoms with Crippen LogP contribution in [0.4, 0.5) is 4.79 Å². The summed E-state index contributed by atoms with van der Waals surface area (Å²) >= 11 is 0. The minimum atomic E-state index is -0.972. The summed E-state index contributed by atoms with van der Waals surface area (Å²) in [7, 11) is 1.86. The molecule has 0 saturated carbocycles. The third kappa shape index (κ3) is 7.03. The fraction of sp³-hybridized carbons (Fsp3) is 0.323. The topological polar surface area (TPSA) is 108 Å².